The van der Waals surface area contributed by atoms with Crippen LogP contribution >= 0.6 is 0 Å². The summed E-state index contributed by atoms with van der Waals surface area (Å²) in [5.41, 5.74) is 2.04. The molecule has 2 saturated heterocycles. The maximum absolute atomic E-state index is 12.3. The van der Waals surface area contributed by atoms with Gasteiger partial charge in [0.2, 0.25) is 5.91 Å². The Morgan fingerprint density at radius 3 is 2.53 bits per heavy atom. The molecule has 2 rings (SSSR count). The molecular weight excluding hydrogens is 246 g/mol. The summed E-state index contributed by atoms with van der Waals surface area (Å²) in [7, 11) is 0. The lowest BCUT2D eigenvalue weighted by Gasteiger charge is -2.26. The van der Waals surface area contributed by atoms with Crippen molar-refractivity contribution in [3.05, 3.63) is 11.1 Å². The van der Waals surface area contributed by atoms with Crippen molar-refractivity contribution in [2.45, 2.75) is 13.3 Å². The molecule has 0 aromatic rings. The molecule has 6 nitrogen and oxygen atoms in total. The van der Waals surface area contributed by atoms with Gasteiger partial charge in [-0.1, -0.05) is 0 Å². The number of hydrogen-bond acceptors (Lipinski definition) is 4. The van der Waals surface area contributed by atoms with E-state index in [2.05, 4.69) is 5.32 Å². The van der Waals surface area contributed by atoms with Crippen molar-refractivity contribution in [1.82, 2.24) is 15.1 Å². The Labute approximate surface area is 113 Å². The SMILES string of the molecule is CC(C(=O)N1CCCN(CC(=O)O)CC1)=C1CNC1. The predicted molar refractivity (Wildman–Crippen MR) is 70.8 cm³/mol. The lowest BCUT2D eigenvalue weighted by atomic mass is 10.0. The third-order valence-electron chi connectivity index (χ3n) is 3.76. The highest BCUT2D eigenvalue weighted by atomic mass is 16.4. The minimum Gasteiger partial charge on any atom is -0.480 e. The average molecular weight is 267 g/mol. The third-order valence-corrected chi connectivity index (χ3v) is 3.76. The lowest BCUT2D eigenvalue weighted by Crippen LogP contribution is -2.40. The van der Waals surface area contributed by atoms with E-state index in [4.69, 9.17) is 5.11 Å². The summed E-state index contributed by atoms with van der Waals surface area (Å²) in [5, 5.41) is 11.9. The molecule has 106 valence electrons. The van der Waals surface area contributed by atoms with Gasteiger partial charge in [-0.05, 0) is 18.9 Å². The molecule has 0 aromatic carbocycles. The average Bonchev–Trinajstić information content (AvgIpc) is 2.50. The quantitative estimate of drug-likeness (QED) is 0.676. The molecule has 2 heterocycles. The molecule has 2 N–H and O–H groups in total. The highest BCUT2D eigenvalue weighted by Gasteiger charge is 2.23. The minimum atomic E-state index is -0.807. The summed E-state index contributed by atoms with van der Waals surface area (Å²) < 4.78 is 0. The van der Waals surface area contributed by atoms with Crippen molar-refractivity contribution in [2.75, 3.05) is 45.8 Å². The van der Waals surface area contributed by atoms with Crippen LogP contribution in [0.3, 0.4) is 0 Å². The molecule has 2 fully saturated rings. The first-order valence-electron chi connectivity index (χ1n) is 6.70. The van der Waals surface area contributed by atoms with E-state index in [1.54, 1.807) is 0 Å². The Bertz CT molecular complexity index is 400. The van der Waals surface area contributed by atoms with Gasteiger partial charge in [-0.25, -0.2) is 0 Å². The normalized spacial score (nSPS) is 20.7. The van der Waals surface area contributed by atoms with Crippen molar-refractivity contribution >= 4 is 11.9 Å². The second kappa shape index (κ2) is 6.16. The fraction of sp³-hybridized carbons (Fsp3) is 0.692. The van der Waals surface area contributed by atoms with E-state index in [1.807, 2.05) is 16.7 Å². The summed E-state index contributed by atoms with van der Waals surface area (Å²) >= 11 is 0. The van der Waals surface area contributed by atoms with Crippen LogP contribution in [0.2, 0.25) is 0 Å². The molecule has 0 bridgehead atoms. The van der Waals surface area contributed by atoms with Gasteiger partial charge in [-0.2, -0.15) is 0 Å². The molecule has 0 radical (unpaired) electrons. The Morgan fingerprint density at radius 2 is 1.95 bits per heavy atom. The smallest absolute Gasteiger partial charge is 0.317 e. The van der Waals surface area contributed by atoms with Gasteiger partial charge in [0.1, 0.15) is 0 Å². The first-order valence-corrected chi connectivity index (χ1v) is 6.70. The van der Waals surface area contributed by atoms with E-state index < -0.39 is 5.97 Å². The van der Waals surface area contributed by atoms with Gasteiger partial charge >= 0.3 is 5.97 Å². The van der Waals surface area contributed by atoms with Crippen LogP contribution in [-0.4, -0.2) is 72.6 Å². The Hall–Kier alpha value is -1.40. The zero-order valence-electron chi connectivity index (χ0n) is 11.3. The number of rotatable bonds is 3. The molecule has 2 aliphatic heterocycles. The van der Waals surface area contributed by atoms with Crippen molar-refractivity contribution < 1.29 is 14.7 Å². The van der Waals surface area contributed by atoms with Crippen LogP contribution in [-0.2, 0) is 9.59 Å². The third kappa shape index (κ3) is 3.54. The molecule has 0 aliphatic carbocycles. The van der Waals surface area contributed by atoms with Crippen molar-refractivity contribution in [1.29, 1.82) is 0 Å². The molecular formula is C13H21N3O3. The van der Waals surface area contributed by atoms with Crippen LogP contribution in [0, 0.1) is 0 Å². The number of hydrogen-bond donors (Lipinski definition) is 2. The van der Waals surface area contributed by atoms with E-state index in [0.29, 0.717) is 19.6 Å². The topological polar surface area (TPSA) is 72.9 Å². The van der Waals surface area contributed by atoms with Gasteiger partial charge in [0.25, 0.3) is 0 Å². The zero-order valence-corrected chi connectivity index (χ0v) is 11.3. The van der Waals surface area contributed by atoms with Crippen LogP contribution in [0.4, 0.5) is 0 Å². The highest BCUT2D eigenvalue weighted by molar-refractivity contribution is 5.94. The molecule has 0 unspecified atom stereocenters. The van der Waals surface area contributed by atoms with E-state index in [0.717, 1.165) is 31.6 Å². The van der Waals surface area contributed by atoms with Crippen molar-refractivity contribution in [2.24, 2.45) is 0 Å². The number of nitrogens with zero attached hydrogens (tertiary/aromatic N) is 2. The largest absolute Gasteiger partial charge is 0.480 e. The van der Waals surface area contributed by atoms with Crippen LogP contribution < -0.4 is 5.32 Å². The number of nitrogens with one attached hydrogen (secondary N) is 1. The van der Waals surface area contributed by atoms with Gasteiger partial charge < -0.3 is 15.3 Å². The monoisotopic (exact) mass is 267 g/mol. The summed E-state index contributed by atoms with van der Waals surface area (Å²) in [6.07, 6.45) is 0.833. The summed E-state index contributed by atoms with van der Waals surface area (Å²) in [4.78, 5) is 26.8. The number of aliphatic carboxylic acids is 1. The van der Waals surface area contributed by atoms with Gasteiger partial charge in [0.15, 0.2) is 0 Å². The van der Waals surface area contributed by atoms with Crippen molar-refractivity contribution in [3.8, 4) is 0 Å². The van der Waals surface area contributed by atoms with Crippen LogP contribution in [0.1, 0.15) is 13.3 Å². The van der Waals surface area contributed by atoms with E-state index in [-0.39, 0.29) is 12.5 Å². The summed E-state index contributed by atoms with van der Waals surface area (Å²) in [5.74, 6) is -0.702. The summed E-state index contributed by atoms with van der Waals surface area (Å²) in [6, 6.07) is 0. The second-order valence-electron chi connectivity index (χ2n) is 5.15. The van der Waals surface area contributed by atoms with Gasteiger partial charge in [-0.3, -0.25) is 14.5 Å². The minimum absolute atomic E-state index is 0.0615. The van der Waals surface area contributed by atoms with Gasteiger partial charge in [-0.15, -0.1) is 0 Å². The molecule has 0 atom stereocenters. The van der Waals surface area contributed by atoms with Crippen LogP contribution in [0.25, 0.3) is 0 Å². The molecule has 6 heteroatoms. The lowest BCUT2D eigenvalue weighted by molar-refractivity contribution is -0.138. The molecule has 1 amide bonds. The highest BCUT2D eigenvalue weighted by Crippen LogP contribution is 2.13. The number of carboxylic acids is 1. The van der Waals surface area contributed by atoms with E-state index >= 15 is 0 Å². The number of carbonyl (C=O) groups excluding carboxylic acids is 1. The Kier molecular flexibility index (Phi) is 4.55. The Balaban J connectivity index is 1.91. The van der Waals surface area contributed by atoms with E-state index in [1.165, 1.54) is 5.57 Å². The number of carboxylic acid groups (broad SMARTS) is 1. The van der Waals surface area contributed by atoms with Gasteiger partial charge in [0, 0.05) is 44.8 Å². The fourth-order valence-corrected chi connectivity index (χ4v) is 2.43. The molecule has 2 aliphatic rings. The Morgan fingerprint density at radius 1 is 1.21 bits per heavy atom. The first kappa shape index (κ1) is 14.0. The maximum atomic E-state index is 12.3. The standard InChI is InChI=1S/C13H21N3O3/c1-10(11-7-14-8-11)13(19)16-4-2-3-15(5-6-16)9-12(17)18/h14H,2-9H2,1H3,(H,17,18). The van der Waals surface area contributed by atoms with Crippen molar-refractivity contribution in [3.63, 3.8) is 0 Å². The molecule has 0 spiro atoms. The number of amides is 1. The zero-order chi connectivity index (χ0) is 13.8. The van der Waals surface area contributed by atoms with Crippen LogP contribution in [0.15, 0.2) is 11.1 Å². The predicted octanol–water partition coefficient (Wildman–Crippen LogP) is -0.475. The summed E-state index contributed by atoms with van der Waals surface area (Å²) in [6.45, 7) is 6.29. The van der Waals surface area contributed by atoms with Crippen LogP contribution in [0.5, 0.6) is 0 Å². The maximum Gasteiger partial charge on any atom is 0.317 e. The second-order valence-corrected chi connectivity index (χ2v) is 5.15. The molecule has 0 saturated carbocycles. The fourth-order valence-electron chi connectivity index (χ4n) is 2.43. The molecule has 0 aromatic heterocycles. The first-order chi connectivity index (χ1) is 9.08. The van der Waals surface area contributed by atoms with Gasteiger partial charge in [0.05, 0.1) is 6.54 Å². The number of carbonyl (C=O) groups is 2. The molecule has 19 heavy (non-hydrogen) atoms. The van der Waals surface area contributed by atoms with E-state index in [9.17, 15) is 9.59 Å².